The Morgan fingerprint density at radius 3 is 2.93 bits per heavy atom. The van der Waals surface area contributed by atoms with E-state index in [2.05, 4.69) is 22.3 Å². The summed E-state index contributed by atoms with van der Waals surface area (Å²) in [4.78, 5) is 19.6. The number of para-hydroxylation sites is 2. The molecule has 0 radical (unpaired) electrons. The lowest BCUT2D eigenvalue weighted by atomic mass is 10.2. The molecule has 1 N–H and O–H groups in total. The van der Waals surface area contributed by atoms with Crippen LogP contribution < -0.4 is 10.1 Å². The molecule has 2 heterocycles. The summed E-state index contributed by atoms with van der Waals surface area (Å²) in [6.07, 6.45) is 2.15. The summed E-state index contributed by atoms with van der Waals surface area (Å²) < 4.78 is 6.55. The van der Waals surface area contributed by atoms with Crippen molar-refractivity contribution < 1.29 is 9.53 Å². The molecule has 3 aromatic rings. The van der Waals surface area contributed by atoms with Crippen molar-refractivity contribution in [2.75, 3.05) is 20.2 Å². The van der Waals surface area contributed by atoms with Crippen molar-refractivity contribution in [2.45, 2.75) is 25.4 Å². The zero-order valence-corrected chi connectivity index (χ0v) is 16.2. The number of hydrogen-bond acceptors (Lipinski definition) is 5. The number of hydrogen-bond donors (Lipinski definition) is 1. The zero-order valence-electron chi connectivity index (χ0n) is 15.4. The molecule has 0 spiro atoms. The van der Waals surface area contributed by atoms with Gasteiger partial charge < -0.3 is 10.1 Å². The predicted octanol–water partition coefficient (Wildman–Crippen LogP) is 3.76. The van der Waals surface area contributed by atoms with Gasteiger partial charge in [-0.2, -0.15) is 0 Å². The number of nitrogens with one attached hydrogen (secondary N) is 1. The first-order valence-corrected chi connectivity index (χ1v) is 10.0. The fourth-order valence-electron chi connectivity index (χ4n) is 3.61. The second kappa shape index (κ2) is 8.06. The monoisotopic (exact) mass is 381 g/mol. The lowest BCUT2D eigenvalue weighted by Gasteiger charge is -2.22. The number of amides is 1. The summed E-state index contributed by atoms with van der Waals surface area (Å²) in [5.74, 6) is 0.834. The molecule has 0 aliphatic carbocycles. The molecule has 27 heavy (non-hydrogen) atoms. The molecule has 5 nitrogen and oxygen atoms in total. The van der Waals surface area contributed by atoms with Gasteiger partial charge in [0.15, 0.2) is 0 Å². The number of aromatic nitrogens is 1. The maximum absolute atomic E-state index is 12.5. The molecule has 1 atom stereocenters. The van der Waals surface area contributed by atoms with Gasteiger partial charge in [-0.05, 0) is 37.6 Å². The summed E-state index contributed by atoms with van der Waals surface area (Å²) in [5.41, 5.74) is 2.03. The molecule has 0 saturated carbocycles. The number of carbonyl (C=O) groups excluding carboxylic acids is 1. The summed E-state index contributed by atoms with van der Waals surface area (Å²) in [5, 5.41) is 4.14. The molecule has 0 bridgehead atoms. The highest BCUT2D eigenvalue weighted by Crippen LogP contribution is 2.36. The van der Waals surface area contributed by atoms with Crippen molar-refractivity contribution in [3.8, 4) is 5.75 Å². The van der Waals surface area contributed by atoms with Crippen LogP contribution >= 0.6 is 11.3 Å². The van der Waals surface area contributed by atoms with Crippen LogP contribution in [0.15, 0.2) is 48.5 Å². The average molecular weight is 382 g/mol. The molecule has 1 aliphatic rings. The first-order chi connectivity index (χ1) is 13.2. The highest BCUT2D eigenvalue weighted by Gasteiger charge is 2.30. The molecule has 6 heteroatoms. The van der Waals surface area contributed by atoms with Crippen LogP contribution in [0, 0.1) is 0 Å². The second-order valence-corrected chi connectivity index (χ2v) is 7.80. The highest BCUT2D eigenvalue weighted by molar-refractivity contribution is 7.18. The third-order valence-electron chi connectivity index (χ3n) is 4.97. The van der Waals surface area contributed by atoms with E-state index in [4.69, 9.17) is 9.72 Å². The molecule has 0 unspecified atom stereocenters. The Hall–Kier alpha value is -2.44. The molecule has 1 aromatic heterocycles. The standard InChI is InChI=1S/C21H23N3O2S/c1-26-18-10-4-2-7-15(18)13-22-20(25)14-24-12-6-9-17(24)21-23-16-8-3-5-11-19(16)27-21/h2-5,7-8,10-11,17H,6,9,12-14H2,1H3,(H,22,25)/t17-/m0/s1. The molecule has 1 fully saturated rings. The van der Waals surface area contributed by atoms with Crippen LogP contribution in [0.2, 0.25) is 0 Å². The van der Waals surface area contributed by atoms with Gasteiger partial charge in [-0.25, -0.2) is 4.98 Å². The van der Waals surface area contributed by atoms with E-state index in [1.807, 2.05) is 36.4 Å². The maximum Gasteiger partial charge on any atom is 0.234 e. The van der Waals surface area contributed by atoms with E-state index >= 15 is 0 Å². The number of fused-ring (bicyclic) bond motifs is 1. The zero-order chi connectivity index (χ0) is 18.6. The van der Waals surface area contributed by atoms with E-state index in [9.17, 15) is 4.79 Å². The van der Waals surface area contributed by atoms with E-state index in [0.717, 1.165) is 41.2 Å². The first kappa shape index (κ1) is 17.9. The summed E-state index contributed by atoms with van der Waals surface area (Å²) >= 11 is 1.74. The van der Waals surface area contributed by atoms with Gasteiger partial charge in [0, 0.05) is 12.1 Å². The molecule has 1 aliphatic heterocycles. The SMILES string of the molecule is COc1ccccc1CNC(=O)CN1CCC[C@H]1c1nc2ccccc2s1. The smallest absolute Gasteiger partial charge is 0.234 e. The number of nitrogens with zero attached hydrogens (tertiary/aromatic N) is 2. The van der Waals surface area contributed by atoms with Crippen molar-refractivity contribution in [2.24, 2.45) is 0 Å². The van der Waals surface area contributed by atoms with E-state index < -0.39 is 0 Å². The number of methoxy groups -OCH3 is 1. The Labute approximate surface area is 163 Å². The lowest BCUT2D eigenvalue weighted by molar-refractivity contribution is -0.122. The Morgan fingerprint density at radius 1 is 1.26 bits per heavy atom. The normalized spacial score (nSPS) is 17.3. The minimum absolute atomic E-state index is 0.0360. The Kier molecular flexibility index (Phi) is 5.36. The van der Waals surface area contributed by atoms with Crippen molar-refractivity contribution in [1.82, 2.24) is 15.2 Å². The van der Waals surface area contributed by atoms with Gasteiger partial charge in [-0.3, -0.25) is 9.69 Å². The first-order valence-electron chi connectivity index (χ1n) is 9.22. The number of benzene rings is 2. The van der Waals surface area contributed by atoms with E-state index in [1.54, 1.807) is 18.4 Å². The predicted molar refractivity (Wildman–Crippen MR) is 108 cm³/mol. The van der Waals surface area contributed by atoms with Gasteiger partial charge in [-0.1, -0.05) is 30.3 Å². The highest BCUT2D eigenvalue weighted by atomic mass is 32.1. The number of carbonyl (C=O) groups is 1. The molecule has 1 saturated heterocycles. The van der Waals surface area contributed by atoms with E-state index in [1.165, 1.54) is 4.70 Å². The molecule has 1 amide bonds. The quantitative estimate of drug-likeness (QED) is 0.706. The van der Waals surface area contributed by atoms with Crippen molar-refractivity contribution in [3.63, 3.8) is 0 Å². The number of thiazole rings is 1. The average Bonchev–Trinajstić information content (AvgIpc) is 3.32. The number of rotatable bonds is 6. The lowest BCUT2D eigenvalue weighted by Crippen LogP contribution is -2.36. The Morgan fingerprint density at radius 2 is 2.07 bits per heavy atom. The van der Waals surface area contributed by atoms with Crippen LogP contribution in [0.4, 0.5) is 0 Å². The summed E-state index contributed by atoms with van der Waals surface area (Å²) in [6.45, 7) is 1.81. The van der Waals surface area contributed by atoms with Crippen LogP contribution in [-0.4, -0.2) is 36.0 Å². The maximum atomic E-state index is 12.5. The largest absolute Gasteiger partial charge is 0.496 e. The van der Waals surface area contributed by atoms with Gasteiger partial charge >= 0.3 is 0 Å². The molecule has 2 aromatic carbocycles. The fraction of sp³-hybridized carbons (Fsp3) is 0.333. The van der Waals surface area contributed by atoms with Crippen molar-refractivity contribution >= 4 is 27.5 Å². The van der Waals surface area contributed by atoms with Crippen molar-refractivity contribution in [1.29, 1.82) is 0 Å². The van der Waals surface area contributed by atoms with Gasteiger partial charge in [0.05, 0.1) is 29.9 Å². The van der Waals surface area contributed by atoms with Gasteiger partial charge in [0.2, 0.25) is 5.91 Å². The summed E-state index contributed by atoms with van der Waals surface area (Å²) in [6, 6.07) is 16.2. The Bertz CT molecular complexity index is 907. The third kappa shape index (κ3) is 3.96. The van der Waals surface area contributed by atoms with Gasteiger partial charge in [0.25, 0.3) is 0 Å². The van der Waals surface area contributed by atoms with Crippen LogP contribution in [-0.2, 0) is 11.3 Å². The van der Waals surface area contributed by atoms with Crippen molar-refractivity contribution in [3.05, 3.63) is 59.1 Å². The van der Waals surface area contributed by atoms with Crippen LogP contribution in [0.25, 0.3) is 10.2 Å². The molecule has 4 rings (SSSR count). The van der Waals surface area contributed by atoms with Gasteiger partial charge in [0.1, 0.15) is 10.8 Å². The molecule has 140 valence electrons. The fourth-order valence-corrected chi connectivity index (χ4v) is 4.75. The van der Waals surface area contributed by atoms with Gasteiger partial charge in [-0.15, -0.1) is 11.3 Å². The molecular formula is C21H23N3O2S. The van der Waals surface area contributed by atoms with E-state index in [0.29, 0.717) is 13.1 Å². The second-order valence-electron chi connectivity index (χ2n) is 6.74. The minimum atomic E-state index is 0.0360. The Balaban J connectivity index is 1.39. The topological polar surface area (TPSA) is 54.5 Å². The third-order valence-corrected chi connectivity index (χ3v) is 6.11. The number of likely N-dealkylation sites (tertiary alicyclic amines) is 1. The summed E-state index contributed by atoms with van der Waals surface area (Å²) in [7, 11) is 1.65. The molecular weight excluding hydrogens is 358 g/mol. The van der Waals surface area contributed by atoms with E-state index in [-0.39, 0.29) is 11.9 Å². The van der Waals surface area contributed by atoms with Crippen LogP contribution in [0.1, 0.15) is 29.5 Å². The van der Waals surface area contributed by atoms with Crippen LogP contribution in [0.3, 0.4) is 0 Å². The van der Waals surface area contributed by atoms with Crippen LogP contribution in [0.5, 0.6) is 5.75 Å². The number of ether oxygens (including phenoxy) is 1. The minimum Gasteiger partial charge on any atom is -0.496 e.